The van der Waals surface area contributed by atoms with E-state index in [0.29, 0.717) is 5.71 Å². The van der Waals surface area contributed by atoms with Gasteiger partial charge in [-0.3, -0.25) is 0 Å². The molecule has 0 unspecified atom stereocenters. The fourth-order valence-corrected chi connectivity index (χ4v) is 1.49. The molecule has 0 fully saturated rings. The molecule has 0 aliphatic heterocycles. The van der Waals surface area contributed by atoms with Gasteiger partial charge in [-0.2, -0.15) is 17.1 Å². The Hall–Kier alpha value is -0.200. The van der Waals surface area contributed by atoms with Crippen molar-refractivity contribution in [2.45, 2.75) is 13.8 Å². The van der Waals surface area contributed by atoms with Crippen molar-refractivity contribution in [1.82, 2.24) is 4.31 Å². The normalized spacial score (nSPS) is 15.2. The highest BCUT2D eigenvalue weighted by Crippen LogP contribution is 2.04. The zero-order valence-corrected chi connectivity index (χ0v) is 10.5. The van der Waals surface area contributed by atoms with Gasteiger partial charge in [-0.05, 0) is 24.4 Å². The molecule has 0 aromatic heterocycles. The fourth-order valence-electron chi connectivity index (χ4n) is 0.578. The van der Waals surface area contributed by atoms with Crippen molar-refractivity contribution >= 4 is 31.9 Å². The van der Waals surface area contributed by atoms with E-state index in [9.17, 15) is 8.42 Å². The summed E-state index contributed by atoms with van der Waals surface area (Å²) in [5, 5.41) is 0. The lowest BCUT2D eigenvalue weighted by Crippen LogP contribution is -2.20. The van der Waals surface area contributed by atoms with Gasteiger partial charge in [0, 0.05) is 14.1 Å². The topological polar surface area (TPSA) is 49.7 Å². The number of halogens is 1. The molecule has 0 rings (SSSR count). The molecule has 0 bridgehead atoms. The third kappa shape index (κ3) is 5.17. The van der Waals surface area contributed by atoms with Crippen molar-refractivity contribution in [3.63, 3.8) is 0 Å². The Morgan fingerprint density at radius 2 is 1.85 bits per heavy atom. The molecule has 0 saturated carbocycles. The number of nitrogens with zero attached hydrogens (tertiary/aromatic N) is 2. The zero-order chi connectivity index (χ0) is 10.6. The highest BCUT2D eigenvalue weighted by molar-refractivity contribution is 9.11. The fraction of sp³-hybridized carbons (Fsp3) is 0.571. The van der Waals surface area contributed by atoms with E-state index >= 15 is 0 Å². The predicted octanol–water partition coefficient (Wildman–Crippen LogP) is 1.55. The molecule has 0 aromatic carbocycles. The zero-order valence-electron chi connectivity index (χ0n) is 8.07. The van der Waals surface area contributed by atoms with Crippen molar-refractivity contribution in [2.75, 3.05) is 14.1 Å². The van der Waals surface area contributed by atoms with Crippen LogP contribution in [-0.4, -0.2) is 32.5 Å². The smallest absolute Gasteiger partial charge is 0.189 e. The van der Waals surface area contributed by atoms with Crippen LogP contribution in [0.5, 0.6) is 0 Å². The summed E-state index contributed by atoms with van der Waals surface area (Å²) < 4.78 is 27.9. The van der Waals surface area contributed by atoms with Gasteiger partial charge in [-0.1, -0.05) is 15.9 Å². The SMILES string of the molecule is CC(/C=C(\C)Br)=NS(=O)(=O)N(C)C. The van der Waals surface area contributed by atoms with E-state index in [0.717, 1.165) is 8.79 Å². The number of allylic oxidation sites excluding steroid dienone is 2. The van der Waals surface area contributed by atoms with E-state index in [1.807, 2.05) is 0 Å². The van der Waals surface area contributed by atoms with E-state index in [1.165, 1.54) is 14.1 Å². The summed E-state index contributed by atoms with van der Waals surface area (Å²) in [4.78, 5) is 0. The van der Waals surface area contributed by atoms with Gasteiger partial charge in [0.15, 0.2) is 0 Å². The van der Waals surface area contributed by atoms with Gasteiger partial charge in [0.1, 0.15) is 0 Å². The van der Waals surface area contributed by atoms with Crippen LogP contribution in [-0.2, 0) is 10.2 Å². The molecule has 0 N–H and O–H groups in total. The lowest BCUT2D eigenvalue weighted by Gasteiger charge is -2.05. The molecule has 0 heterocycles. The maximum atomic E-state index is 11.2. The van der Waals surface area contributed by atoms with Crippen molar-refractivity contribution in [3.8, 4) is 0 Å². The van der Waals surface area contributed by atoms with Gasteiger partial charge < -0.3 is 0 Å². The summed E-state index contributed by atoms with van der Waals surface area (Å²) >= 11 is 3.19. The molecule has 6 heteroatoms. The second-order valence-electron chi connectivity index (χ2n) is 2.72. The van der Waals surface area contributed by atoms with Crippen LogP contribution in [0.25, 0.3) is 0 Å². The number of rotatable bonds is 3. The molecule has 0 atom stereocenters. The number of hydrogen-bond donors (Lipinski definition) is 0. The van der Waals surface area contributed by atoms with E-state index in [1.54, 1.807) is 19.9 Å². The molecule has 0 aliphatic carbocycles. The van der Waals surface area contributed by atoms with Crippen molar-refractivity contribution < 1.29 is 8.42 Å². The Morgan fingerprint density at radius 1 is 1.38 bits per heavy atom. The predicted molar refractivity (Wildman–Crippen MR) is 58.4 cm³/mol. The second kappa shape index (κ2) is 4.88. The lowest BCUT2D eigenvalue weighted by atomic mass is 10.4. The van der Waals surface area contributed by atoms with Crippen molar-refractivity contribution in [1.29, 1.82) is 0 Å². The summed E-state index contributed by atoms with van der Waals surface area (Å²) in [6.07, 6.45) is 1.64. The van der Waals surface area contributed by atoms with Crippen molar-refractivity contribution in [3.05, 3.63) is 10.6 Å². The highest BCUT2D eigenvalue weighted by Gasteiger charge is 2.10. The van der Waals surface area contributed by atoms with E-state index < -0.39 is 10.2 Å². The van der Waals surface area contributed by atoms with Crippen LogP contribution < -0.4 is 0 Å². The molecule has 4 nitrogen and oxygen atoms in total. The lowest BCUT2D eigenvalue weighted by molar-refractivity contribution is 0.523. The third-order valence-electron chi connectivity index (χ3n) is 1.13. The van der Waals surface area contributed by atoms with Crippen LogP contribution in [0.1, 0.15) is 13.8 Å². The first-order valence-corrected chi connectivity index (χ1v) is 5.77. The first-order valence-electron chi connectivity index (χ1n) is 3.58. The average Bonchev–Trinajstić information content (AvgIpc) is 1.82. The van der Waals surface area contributed by atoms with Crippen LogP contribution >= 0.6 is 15.9 Å². The first kappa shape index (κ1) is 12.8. The van der Waals surface area contributed by atoms with E-state index in [-0.39, 0.29) is 0 Å². The van der Waals surface area contributed by atoms with Gasteiger partial charge in [-0.25, -0.2) is 0 Å². The molecular weight excluding hydrogens is 256 g/mol. The molecule has 76 valence electrons. The van der Waals surface area contributed by atoms with Gasteiger partial charge in [0.05, 0.1) is 5.71 Å². The number of hydrogen-bond acceptors (Lipinski definition) is 2. The molecule has 0 aliphatic rings. The van der Waals surface area contributed by atoms with Gasteiger partial charge in [-0.15, -0.1) is 0 Å². The summed E-state index contributed by atoms with van der Waals surface area (Å²) in [6.45, 7) is 3.44. The highest BCUT2D eigenvalue weighted by atomic mass is 79.9. The molecule has 13 heavy (non-hydrogen) atoms. The molecule has 0 amide bonds. The van der Waals surface area contributed by atoms with Crippen LogP contribution in [0.4, 0.5) is 0 Å². The summed E-state index contributed by atoms with van der Waals surface area (Å²) in [7, 11) is -0.605. The molecule has 0 radical (unpaired) electrons. The minimum atomic E-state index is -3.49. The van der Waals surface area contributed by atoms with Crippen LogP contribution in [0.3, 0.4) is 0 Å². The van der Waals surface area contributed by atoms with E-state index in [4.69, 9.17) is 0 Å². The Labute approximate surface area is 87.7 Å². The average molecular weight is 269 g/mol. The summed E-state index contributed by atoms with van der Waals surface area (Å²) in [5.74, 6) is 0. The minimum absolute atomic E-state index is 0.447. The Kier molecular flexibility index (Phi) is 4.80. The Balaban J connectivity index is 4.88. The van der Waals surface area contributed by atoms with Gasteiger partial charge in [0.2, 0.25) is 0 Å². The Morgan fingerprint density at radius 3 is 2.15 bits per heavy atom. The van der Waals surface area contributed by atoms with Crippen LogP contribution in [0.2, 0.25) is 0 Å². The maximum absolute atomic E-state index is 11.2. The first-order chi connectivity index (χ1) is 5.75. The quantitative estimate of drug-likeness (QED) is 0.730. The largest absolute Gasteiger partial charge is 0.322 e. The van der Waals surface area contributed by atoms with Gasteiger partial charge >= 0.3 is 10.2 Å². The Bertz CT molecular complexity index is 326. The van der Waals surface area contributed by atoms with E-state index in [2.05, 4.69) is 20.3 Å². The molecule has 0 saturated heterocycles. The summed E-state index contributed by atoms with van der Waals surface area (Å²) in [5.41, 5.74) is 0.447. The van der Waals surface area contributed by atoms with Crippen LogP contribution in [0, 0.1) is 0 Å². The third-order valence-corrected chi connectivity index (χ3v) is 2.80. The standard InChI is InChI=1S/C7H13BrN2O2S/c1-6(8)5-7(2)9-13(11,12)10(3)4/h5H,1-4H3/b6-5+,9-7?. The molecule has 0 spiro atoms. The van der Waals surface area contributed by atoms with Crippen molar-refractivity contribution in [2.24, 2.45) is 4.40 Å². The minimum Gasteiger partial charge on any atom is -0.189 e. The molecule has 0 aromatic rings. The summed E-state index contributed by atoms with van der Waals surface area (Å²) in [6, 6.07) is 0. The maximum Gasteiger partial charge on any atom is 0.322 e. The second-order valence-corrected chi connectivity index (χ2v) is 5.78. The monoisotopic (exact) mass is 268 g/mol. The van der Waals surface area contributed by atoms with Gasteiger partial charge in [0.25, 0.3) is 0 Å². The molecular formula is C7H13BrN2O2S. The van der Waals surface area contributed by atoms with Crippen LogP contribution in [0.15, 0.2) is 15.0 Å².